The minimum Gasteiger partial charge on any atom is -0.350 e. The largest absolute Gasteiger partial charge is 0.350 e. The Morgan fingerprint density at radius 2 is 2.00 bits per heavy atom. The van der Waals surface area contributed by atoms with Crippen molar-refractivity contribution in [2.24, 2.45) is 11.8 Å². The van der Waals surface area contributed by atoms with Gasteiger partial charge in [-0.15, -0.1) is 11.8 Å². The maximum atomic E-state index is 3.55. The lowest BCUT2D eigenvalue weighted by atomic mass is 9.80. The summed E-state index contributed by atoms with van der Waals surface area (Å²) < 4.78 is 0. The predicted octanol–water partition coefficient (Wildman–Crippen LogP) is 4.28. The molecule has 3 heteroatoms. The van der Waals surface area contributed by atoms with Crippen molar-refractivity contribution in [3.05, 3.63) is 30.3 Å². The van der Waals surface area contributed by atoms with E-state index in [0.717, 1.165) is 11.8 Å². The number of aromatic nitrogens is 1. The Morgan fingerprint density at radius 1 is 1.20 bits per heavy atom. The molecule has 1 fully saturated rings. The molecule has 0 aliphatic heterocycles. The van der Waals surface area contributed by atoms with Crippen molar-refractivity contribution in [3.63, 3.8) is 0 Å². The molecule has 4 unspecified atom stereocenters. The van der Waals surface area contributed by atoms with Crippen LogP contribution in [0.2, 0.25) is 0 Å². The number of nitrogens with one attached hydrogen (secondary N) is 2. The summed E-state index contributed by atoms with van der Waals surface area (Å²) in [6, 6.07) is 11.4. The molecule has 1 aromatic heterocycles. The molecule has 0 amide bonds. The minimum absolute atomic E-state index is 0.616. The fourth-order valence-corrected chi connectivity index (χ4v) is 4.98. The molecule has 1 aliphatic rings. The third-order valence-corrected chi connectivity index (χ3v) is 6.07. The number of thioether (sulfide) groups is 1. The number of fused-ring (bicyclic) bond motifs is 1. The molecule has 1 saturated carbocycles. The van der Waals surface area contributed by atoms with Crippen LogP contribution in [0, 0.1) is 11.8 Å². The molecular weight excluding hydrogens is 264 g/mol. The van der Waals surface area contributed by atoms with Crippen LogP contribution in [0.25, 0.3) is 10.9 Å². The SMILES string of the molecule is CNC1CC(C)CC(C)C1Sc1cc2ccccc2[nH]1. The molecule has 20 heavy (non-hydrogen) atoms. The van der Waals surface area contributed by atoms with Crippen LogP contribution in [0.15, 0.2) is 35.4 Å². The van der Waals surface area contributed by atoms with Crippen LogP contribution in [0.4, 0.5) is 0 Å². The van der Waals surface area contributed by atoms with E-state index in [1.165, 1.54) is 28.8 Å². The zero-order valence-electron chi connectivity index (χ0n) is 12.5. The quantitative estimate of drug-likeness (QED) is 0.882. The first kappa shape index (κ1) is 14.0. The Balaban J connectivity index is 1.81. The van der Waals surface area contributed by atoms with Gasteiger partial charge in [-0.1, -0.05) is 32.0 Å². The zero-order valence-corrected chi connectivity index (χ0v) is 13.3. The fraction of sp³-hybridized carbons (Fsp3) is 0.529. The van der Waals surface area contributed by atoms with E-state index < -0.39 is 0 Å². The molecule has 2 N–H and O–H groups in total. The van der Waals surface area contributed by atoms with E-state index in [1.807, 2.05) is 11.8 Å². The second-order valence-electron chi connectivity index (χ2n) is 6.25. The third kappa shape index (κ3) is 2.75. The molecule has 2 aromatic rings. The summed E-state index contributed by atoms with van der Waals surface area (Å²) in [6.07, 6.45) is 2.63. The van der Waals surface area contributed by atoms with Gasteiger partial charge in [0.25, 0.3) is 0 Å². The molecule has 1 aromatic carbocycles. The second kappa shape index (κ2) is 5.82. The summed E-state index contributed by atoms with van der Waals surface area (Å²) >= 11 is 2.02. The van der Waals surface area contributed by atoms with E-state index in [2.05, 4.69) is 61.5 Å². The maximum Gasteiger partial charge on any atom is 0.0735 e. The van der Waals surface area contributed by atoms with Gasteiger partial charge in [0.15, 0.2) is 0 Å². The highest BCUT2D eigenvalue weighted by Gasteiger charge is 2.34. The number of H-pyrrole nitrogens is 1. The van der Waals surface area contributed by atoms with Crippen molar-refractivity contribution in [1.82, 2.24) is 10.3 Å². The average Bonchev–Trinajstić information content (AvgIpc) is 2.83. The van der Waals surface area contributed by atoms with Crippen molar-refractivity contribution in [3.8, 4) is 0 Å². The lowest BCUT2D eigenvalue weighted by Crippen LogP contribution is -2.44. The van der Waals surface area contributed by atoms with E-state index in [1.54, 1.807) is 0 Å². The third-order valence-electron chi connectivity index (χ3n) is 4.53. The van der Waals surface area contributed by atoms with Gasteiger partial charge >= 0.3 is 0 Å². The predicted molar refractivity (Wildman–Crippen MR) is 88.4 cm³/mol. The Bertz CT molecular complexity index is 544. The molecule has 2 nitrogen and oxygen atoms in total. The summed E-state index contributed by atoms with van der Waals surface area (Å²) in [4.78, 5) is 3.55. The second-order valence-corrected chi connectivity index (χ2v) is 7.47. The van der Waals surface area contributed by atoms with Gasteiger partial charge in [-0.05, 0) is 43.9 Å². The van der Waals surface area contributed by atoms with E-state index >= 15 is 0 Å². The highest BCUT2D eigenvalue weighted by Crippen LogP contribution is 2.40. The van der Waals surface area contributed by atoms with Crippen molar-refractivity contribution < 1.29 is 0 Å². The molecular formula is C17H24N2S. The highest BCUT2D eigenvalue weighted by atomic mass is 32.2. The first-order valence-corrected chi connectivity index (χ1v) is 8.47. The van der Waals surface area contributed by atoms with Crippen molar-refractivity contribution in [2.75, 3.05) is 7.05 Å². The molecule has 1 aliphatic carbocycles. The van der Waals surface area contributed by atoms with Gasteiger partial charge < -0.3 is 10.3 Å². The van der Waals surface area contributed by atoms with Gasteiger partial charge in [0.2, 0.25) is 0 Å². The number of aromatic amines is 1. The Morgan fingerprint density at radius 3 is 2.75 bits per heavy atom. The summed E-state index contributed by atoms with van der Waals surface area (Å²) in [5.74, 6) is 1.59. The van der Waals surface area contributed by atoms with Gasteiger partial charge in [-0.25, -0.2) is 0 Å². The number of rotatable bonds is 3. The minimum atomic E-state index is 0.616. The Hall–Kier alpha value is -0.930. The molecule has 0 spiro atoms. The number of hydrogen-bond acceptors (Lipinski definition) is 2. The van der Waals surface area contributed by atoms with Crippen molar-refractivity contribution in [2.45, 2.75) is 43.0 Å². The number of para-hydroxylation sites is 1. The molecule has 3 rings (SSSR count). The smallest absolute Gasteiger partial charge is 0.0735 e. The lowest BCUT2D eigenvalue weighted by Gasteiger charge is -2.38. The summed E-state index contributed by atoms with van der Waals surface area (Å²) in [5.41, 5.74) is 1.24. The van der Waals surface area contributed by atoms with Crippen LogP contribution in [0.3, 0.4) is 0 Å². The summed E-state index contributed by atoms with van der Waals surface area (Å²) in [7, 11) is 2.11. The van der Waals surface area contributed by atoms with Crippen LogP contribution in [-0.2, 0) is 0 Å². The summed E-state index contributed by atoms with van der Waals surface area (Å²) in [6.45, 7) is 4.78. The van der Waals surface area contributed by atoms with E-state index in [4.69, 9.17) is 0 Å². The highest BCUT2D eigenvalue weighted by molar-refractivity contribution is 8.00. The van der Waals surface area contributed by atoms with Gasteiger partial charge in [-0.3, -0.25) is 0 Å². The molecule has 1 heterocycles. The first-order chi connectivity index (χ1) is 9.67. The van der Waals surface area contributed by atoms with Crippen LogP contribution in [0.5, 0.6) is 0 Å². The molecule has 0 radical (unpaired) electrons. The topological polar surface area (TPSA) is 27.8 Å². The lowest BCUT2D eigenvalue weighted by molar-refractivity contribution is 0.257. The van der Waals surface area contributed by atoms with Crippen LogP contribution >= 0.6 is 11.8 Å². The van der Waals surface area contributed by atoms with Gasteiger partial charge in [-0.2, -0.15) is 0 Å². The maximum absolute atomic E-state index is 3.55. The van der Waals surface area contributed by atoms with Crippen LogP contribution in [-0.4, -0.2) is 23.3 Å². The fourth-order valence-electron chi connectivity index (χ4n) is 3.57. The molecule has 0 saturated heterocycles. The molecule has 0 bridgehead atoms. The zero-order chi connectivity index (χ0) is 14.1. The normalized spacial score (nSPS) is 30.8. The van der Waals surface area contributed by atoms with Gasteiger partial charge in [0, 0.05) is 22.2 Å². The average molecular weight is 288 g/mol. The standard InChI is InChI=1S/C17H24N2S/c1-11-8-12(2)17(15(9-11)18-3)20-16-10-13-6-4-5-7-14(13)19-16/h4-7,10-12,15,17-19H,8-9H2,1-3H3. The van der Waals surface area contributed by atoms with Crippen molar-refractivity contribution in [1.29, 1.82) is 0 Å². The Labute approximate surface area is 125 Å². The first-order valence-electron chi connectivity index (χ1n) is 7.59. The van der Waals surface area contributed by atoms with Crippen LogP contribution < -0.4 is 5.32 Å². The van der Waals surface area contributed by atoms with Crippen molar-refractivity contribution >= 4 is 22.7 Å². The van der Waals surface area contributed by atoms with Gasteiger partial charge in [0.05, 0.1) is 5.03 Å². The van der Waals surface area contributed by atoms with Gasteiger partial charge in [0.1, 0.15) is 0 Å². The summed E-state index contributed by atoms with van der Waals surface area (Å²) in [5, 5.41) is 6.81. The molecule has 108 valence electrons. The van der Waals surface area contributed by atoms with E-state index in [0.29, 0.717) is 11.3 Å². The monoisotopic (exact) mass is 288 g/mol. The molecule has 4 atom stereocenters. The van der Waals surface area contributed by atoms with E-state index in [-0.39, 0.29) is 0 Å². The van der Waals surface area contributed by atoms with Crippen LogP contribution in [0.1, 0.15) is 26.7 Å². The number of benzene rings is 1. The van der Waals surface area contributed by atoms with E-state index in [9.17, 15) is 0 Å². The Kier molecular flexibility index (Phi) is 4.08. The number of hydrogen-bond donors (Lipinski definition) is 2.